The second-order valence-corrected chi connectivity index (χ2v) is 7.58. The molecule has 4 aliphatic heterocycles. The minimum Gasteiger partial charge on any atom is -0.470 e. The Labute approximate surface area is 184 Å². The first-order chi connectivity index (χ1) is 15.5. The Morgan fingerprint density at radius 3 is 1.19 bits per heavy atom. The number of imide groups is 2. The summed E-state index contributed by atoms with van der Waals surface area (Å²) in [6.45, 7) is 1.45. The van der Waals surface area contributed by atoms with Crippen LogP contribution in [0.3, 0.4) is 0 Å². The highest BCUT2D eigenvalue weighted by Gasteiger charge is 2.34. The van der Waals surface area contributed by atoms with E-state index in [4.69, 9.17) is 9.47 Å². The van der Waals surface area contributed by atoms with E-state index < -0.39 is 0 Å². The summed E-state index contributed by atoms with van der Waals surface area (Å²) in [5.74, 6) is -1.17. The van der Waals surface area contributed by atoms with Gasteiger partial charge in [0.25, 0.3) is 0 Å². The van der Waals surface area contributed by atoms with E-state index in [-0.39, 0.29) is 63.1 Å². The van der Waals surface area contributed by atoms with Gasteiger partial charge in [-0.1, -0.05) is 0 Å². The zero-order valence-electron chi connectivity index (χ0n) is 17.4. The third kappa shape index (κ3) is 5.15. The molecule has 170 valence electrons. The molecule has 0 aliphatic carbocycles. The maximum atomic E-state index is 12.5. The maximum Gasteiger partial charge on any atom is 0.244 e. The highest BCUT2D eigenvalue weighted by Crippen LogP contribution is 2.12. The Kier molecular flexibility index (Phi) is 6.52. The lowest BCUT2D eigenvalue weighted by molar-refractivity contribution is -0.156. The first-order valence-corrected chi connectivity index (χ1v) is 10.1. The molecule has 12 heteroatoms. The van der Waals surface area contributed by atoms with Crippen LogP contribution in [-0.4, -0.2) is 106 Å². The van der Waals surface area contributed by atoms with Crippen LogP contribution in [0.5, 0.6) is 0 Å². The third-order valence-electron chi connectivity index (χ3n) is 5.31. The van der Waals surface area contributed by atoms with Crippen LogP contribution >= 0.6 is 0 Å². The van der Waals surface area contributed by atoms with Crippen molar-refractivity contribution in [1.82, 2.24) is 29.4 Å². The average Bonchev–Trinajstić information content (AvgIpc) is 2.79. The summed E-state index contributed by atoms with van der Waals surface area (Å²) in [6.07, 6.45) is 12.4. The Hall–Kier alpha value is -3.64. The molecule has 4 rings (SSSR count). The Morgan fingerprint density at radius 2 is 0.875 bits per heavy atom. The molecule has 4 aliphatic rings. The molecule has 0 aromatic heterocycles. The topological polar surface area (TPSA) is 106 Å². The molecular formula is C20H24N6O6. The molecule has 32 heavy (non-hydrogen) atoms. The number of carbonyl (C=O) groups excluding carboxylic acids is 4. The summed E-state index contributed by atoms with van der Waals surface area (Å²) in [6, 6.07) is 0. The zero-order valence-corrected chi connectivity index (χ0v) is 17.4. The molecule has 0 bridgehead atoms. The van der Waals surface area contributed by atoms with Crippen molar-refractivity contribution in [3.8, 4) is 0 Å². The van der Waals surface area contributed by atoms with E-state index >= 15 is 0 Å². The van der Waals surface area contributed by atoms with Crippen LogP contribution < -0.4 is 0 Å². The largest absolute Gasteiger partial charge is 0.470 e. The molecule has 4 heterocycles. The molecule has 0 spiro atoms. The fourth-order valence-electron chi connectivity index (χ4n) is 3.57. The molecule has 0 N–H and O–H groups in total. The average molecular weight is 444 g/mol. The minimum absolute atomic E-state index is 0.0983. The van der Waals surface area contributed by atoms with Gasteiger partial charge in [-0.25, -0.2) is 0 Å². The molecule has 0 atom stereocenters. The monoisotopic (exact) mass is 444 g/mol. The van der Waals surface area contributed by atoms with Crippen molar-refractivity contribution >= 4 is 23.6 Å². The number of hydrogen-bond donors (Lipinski definition) is 0. The van der Waals surface area contributed by atoms with Gasteiger partial charge in [-0.15, -0.1) is 0 Å². The third-order valence-corrected chi connectivity index (χ3v) is 5.31. The lowest BCUT2D eigenvalue weighted by Crippen LogP contribution is -2.59. The van der Waals surface area contributed by atoms with Crippen LogP contribution in [0.15, 0.2) is 49.8 Å². The zero-order chi connectivity index (χ0) is 22.5. The summed E-state index contributed by atoms with van der Waals surface area (Å²) in [5, 5.41) is 0. The highest BCUT2D eigenvalue weighted by molar-refractivity contribution is 6.00. The second-order valence-electron chi connectivity index (χ2n) is 7.58. The molecule has 4 amide bonds. The minimum atomic E-state index is -0.293. The predicted octanol–water partition coefficient (Wildman–Crippen LogP) is -1.21. The van der Waals surface area contributed by atoms with Gasteiger partial charge in [-0.2, -0.15) is 0 Å². The summed E-state index contributed by atoms with van der Waals surface area (Å²) in [4.78, 5) is 59.1. The van der Waals surface area contributed by atoms with Crippen molar-refractivity contribution in [3.63, 3.8) is 0 Å². The Balaban J connectivity index is 1.24. The lowest BCUT2D eigenvalue weighted by Gasteiger charge is -2.37. The summed E-state index contributed by atoms with van der Waals surface area (Å²) >= 11 is 0. The number of nitrogens with zero attached hydrogens (tertiary/aromatic N) is 6. The molecule has 2 saturated heterocycles. The molecule has 0 aromatic rings. The number of carbonyl (C=O) groups is 4. The smallest absolute Gasteiger partial charge is 0.244 e. The standard InChI is InChI=1S/C20H24N6O6/c27-17-11-23(12-18(28)25(17)15-21-3-7-31-8-4-21)1-2-24-13-19(29)26(20(30)14-24)16-22-5-9-32-10-6-22/h3-10H,1-2,11-16H2. The normalized spacial score (nSPS) is 22.1. The van der Waals surface area contributed by atoms with Crippen LogP contribution in [0.4, 0.5) is 0 Å². The Morgan fingerprint density at radius 1 is 0.562 bits per heavy atom. The lowest BCUT2D eigenvalue weighted by atomic mass is 10.2. The van der Waals surface area contributed by atoms with Crippen molar-refractivity contribution < 1.29 is 28.7 Å². The van der Waals surface area contributed by atoms with Crippen molar-refractivity contribution in [2.24, 2.45) is 0 Å². The molecule has 0 aromatic carbocycles. The van der Waals surface area contributed by atoms with Gasteiger partial charge in [0.1, 0.15) is 38.4 Å². The molecule has 2 fully saturated rings. The molecule has 0 unspecified atom stereocenters. The van der Waals surface area contributed by atoms with E-state index in [9.17, 15) is 19.2 Å². The number of piperazine rings is 2. The van der Waals surface area contributed by atoms with Crippen molar-refractivity contribution in [3.05, 3.63) is 49.8 Å². The fourth-order valence-corrected chi connectivity index (χ4v) is 3.57. The van der Waals surface area contributed by atoms with Crippen molar-refractivity contribution in [2.45, 2.75) is 0 Å². The first-order valence-electron chi connectivity index (χ1n) is 10.1. The van der Waals surface area contributed by atoms with Gasteiger partial charge < -0.3 is 19.3 Å². The summed E-state index contributed by atoms with van der Waals surface area (Å²) < 4.78 is 9.88. The first kappa shape index (κ1) is 21.6. The Bertz CT molecular complexity index is 767. The quantitative estimate of drug-likeness (QED) is 0.444. The predicted molar refractivity (Wildman–Crippen MR) is 109 cm³/mol. The van der Waals surface area contributed by atoms with Gasteiger partial charge in [-0.3, -0.25) is 38.8 Å². The maximum absolute atomic E-state index is 12.5. The van der Waals surface area contributed by atoms with E-state index in [1.165, 1.54) is 34.8 Å². The van der Waals surface area contributed by atoms with Gasteiger partial charge >= 0.3 is 0 Å². The van der Waals surface area contributed by atoms with Crippen LogP contribution in [0.2, 0.25) is 0 Å². The van der Waals surface area contributed by atoms with Gasteiger partial charge in [0.15, 0.2) is 0 Å². The number of amides is 4. The van der Waals surface area contributed by atoms with E-state index in [0.717, 1.165) is 0 Å². The van der Waals surface area contributed by atoms with Gasteiger partial charge in [0.05, 0.1) is 26.2 Å². The van der Waals surface area contributed by atoms with E-state index in [1.54, 1.807) is 44.4 Å². The number of rotatable bonds is 7. The van der Waals surface area contributed by atoms with Crippen LogP contribution in [0.25, 0.3) is 0 Å². The van der Waals surface area contributed by atoms with E-state index in [1.807, 2.05) is 0 Å². The molecular weight excluding hydrogens is 420 g/mol. The van der Waals surface area contributed by atoms with Gasteiger partial charge in [0, 0.05) is 37.9 Å². The fraction of sp³-hybridized carbons (Fsp3) is 0.400. The van der Waals surface area contributed by atoms with Crippen molar-refractivity contribution in [1.29, 1.82) is 0 Å². The van der Waals surface area contributed by atoms with Crippen LogP contribution in [0.1, 0.15) is 0 Å². The molecule has 0 radical (unpaired) electrons. The molecule has 12 nitrogen and oxygen atoms in total. The van der Waals surface area contributed by atoms with Crippen molar-refractivity contribution in [2.75, 3.05) is 52.6 Å². The second kappa shape index (κ2) is 9.66. The number of hydrogen-bond acceptors (Lipinski definition) is 10. The van der Waals surface area contributed by atoms with Gasteiger partial charge in [-0.05, 0) is 0 Å². The number of ether oxygens (including phenoxy) is 2. The molecule has 0 saturated carbocycles. The van der Waals surface area contributed by atoms with E-state index in [0.29, 0.717) is 13.1 Å². The van der Waals surface area contributed by atoms with E-state index in [2.05, 4.69) is 0 Å². The van der Waals surface area contributed by atoms with Crippen LogP contribution in [0, 0.1) is 0 Å². The SMILES string of the molecule is O=C1CN(CCN2CC(=O)N(CN3C=COC=C3)C(=O)C2)CC(=O)N1CN1C=COC=C1. The van der Waals surface area contributed by atoms with Crippen LogP contribution in [-0.2, 0) is 28.7 Å². The van der Waals surface area contributed by atoms with Gasteiger partial charge in [0.2, 0.25) is 23.6 Å². The summed E-state index contributed by atoms with van der Waals surface area (Å²) in [5.41, 5.74) is 0. The highest BCUT2D eigenvalue weighted by atomic mass is 16.5. The summed E-state index contributed by atoms with van der Waals surface area (Å²) in [7, 11) is 0.